The Morgan fingerprint density at radius 1 is 1.30 bits per heavy atom. The summed E-state index contributed by atoms with van der Waals surface area (Å²) in [6, 6.07) is 8.74. The molecule has 0 spiro atoms. The third kappa shape index (κ3) is 5.08. The van der Waals surface area contributed by atoms with E-state index in [1.54, 1.807) is 37.3 Å². The van der Waals surface area contributed by atoms with Gasteiger partial charge in [-0.1, -0.05) is 0 Å². The number of hydrogen-bond acceptors (Lipinski definition) is 6. The average Bonchev–Trinajstić information content (AvgIpc) is 3.30. The summed E-state index contributed by atoms with van der Waals surface area (Å²) in [5.41, 5.74) is 1.30. The van der Waals surface area contributed by atoms with Crippen LogP contribution in [0.4, 0.5) is 5.00 Å². The number of carbonyl (C=O) groups excluding carboxylic acids is 2. The Morgan fingerprint density at radius 3 is 2.74 bits per heavy atom. The van der Waals surface area contributed by atoms with Gasteiger partial charge in [-0.15, -0.1) is 11.3 Å². The molecule has 1 amide bonds. The first-order valence-electron chi connectivity index (χ1n) is 9.00. The van der Waals surface area contributed by atoms with Gasteiger partial charge in [-0.05, 0) is 62.6 Å². The van der Waals surface area contributed by atoms with Crippen molar-refractivity contribution in [3.63, 3.8) is 0 Å². The van der Waals surface area contributed by atoms with Gasteiger partial charge in [-0.2, -0.15) is 0 Å². The predicted octanol–water partition coefficient (Wildman–Crippen LogP) is 4.04. The highest BCUT2D eigenvalue weighted by Crippen LogP contribution is 2.28. The lowest BCUT2D eigenvalue weighted by molar-refractivity contribution is 0.0531. The molecule has 2 heterocycles. The van der Waals surface area contributed by atoms with E-state index in [-0.39, 0.29) is 18.0 Å². The van der Waals surface area contributed by atoms with Gasteiger partial charge in [0.15, 0.2) is 0 Å². The first kappa shape index (κ1) is 19.4. The van der Waals surface area contributed by atoms with Crippen LogP contribution in [0, 0.1) is 6.92 Å². The number of nitrogens with one attached hydrogen (secondary N) is 1. The summed E-state index contributed by atoms with van der Waals surface area (Å²) in [4.78, 5) is 24.8. The molecule has 0 saturated carbocycles. The van der Waals surface area contributed by atoms with E-state index in [0.717, 1.165) is 25.0 Å². The van der Waals surface area contributed by atoms with Gasteiger partial charge in [0.2, 0.25) is 0 Å². The smallest absolute Gasteiger partial charge is 0.348 e. The molecule has 1 unspecified atom stereocenters. The van der Waals surface area contributed by atoms with Crippen LogP contribution in [0.2, 0.25) is 0 Å². The molecule has 0 aliphatic carbocycles. The highest BCUT2D eigenvalue weighted by molar-refractivity contribution is 7.18. The molecule has 0 radical (unpaired) electrons. The minimum atomic E-state index is -0.367. The quantitative estimate of drug-likeness (QED) is 0.724. The second-order valence-corrected chi connectivity index (χ2v) is 7.32. The molecule has 1 saturated heterocycles. The number of carbonyl (C=O) groups is 2. The van der Waals surface area contributed by atoms with Crippen molar-refractivity contribution >= 4 is 28.2 Å². The maximum Gasteiger partial charge on any atom is 0.348 e. The van der Waals surface area contributed by atoms with Crippen LogP contribution in [0.5, 0.6) is 5.75 Å². The van der Waals surface area contributed by atoms with E-state index in [9.17, 15) is 9.59 Å². The molecule has 2 aromatic rings. The van der Waals surface area contributed by atoms with Crippen LogP contribution in [-0.2, 0) is 9.47 Å². The Bertz CT molecular complexity index is 793. The molecule has 1 atom stereocenters. The summed E-state index contributed by atoms with van der Waals surface area (Å²) >= 11 is 1.21. The number of anilines is 1. The first-order valence-corrected chi connectivity index (χ1v) is 9.82. The second-order valence-electron chi connectivity index (χ2n) is 6.27. The fourth-order valence-corrected chi connectivity index (χ4v) is 3.76. The molecule has 144 valence electrons. The highest BCUT2D eigenvalue weighted by Gasteiger charge is 2.17. The Labute approximate surface area is 162 Å². The van der Waals surface area contributed by atoms with Crippen molar-refractivity contribution in [3.05, 3.63) is 46.3 Å². The lowest BCUT2D eigenvalue weighted by Crippen LogP contribution is -2.16. The van der Waals surface area contributed by atoms with Gasteiger partial charge in [-0.25, -0.2) is 4.79 Å². The Balaban J connectivity index is 1.57. The number of thiophene rings is 1. The Hall–Kier alpha value is -2.38. The summed E-state index contributed by atoms with van der Waals surface area (Å²) in [6.45, 7) is 5.22. The van der Waals surface area contributed by atoms with Gasteiger partial charge >= 0.3 is 5.97 Å². The minimum absolute atomic E-state index is 0.156. The summed E-state index contributed by atoms with van der Waals surface area (Å²) < 4.78 is 16.3. The third-order valence-corrected chi connectivity index (χ3v) is 5.32. The summed E-state index contributed by atoms with van der Waals surface area (Å²) in [5, 5.41) is 3.43. The standard InChI is InChI=1S/C20H23NO5S/c1-3-24-20(23)18-13(2)11-17(27-18)21-19(22)14-6-8-15(9-7-14)26-12-16-5-4-10-25-16/h6-9,11,16H,3-5,10,12H2,1-2H3,(H,21,22). The number of amides is 1. The summed E-state index contributed by atoms with van der Waals surface area (Å²) in [7, 11) is 0. The lowest BCUT2D eigenvalue weighted by Gasteiger charge is -2.11. The summed E-state index contributed by atoms with van der Waals surface area (Å²) in [5.74, 6) is 0.101. The van der Waals surface area contributed by atoms with Crippen LogP contribution < -0.4 is 10.1 Å². The normalized spacial score (nSPS) is 16.1. The largest absolute Gasteiger partial charge is 0.491 e. The molecule has 0 bridgehead atoms. The van der Waals surface area contributed by atoms with Crippen molar-refractivity contribution in [2.75, 3.05) is 25.1 Å². The van der Waals surface area contributed by atoms with E-state index in [1.807, 2.05) is 6.92 Å². The zero-order chi connectivity index (χ0) is 19.2. The zero-order valence-electron chi connectivity index (χ0n) is 15.4. The van der Waals surface area contributed by atoms with Crippen molar-refractivity contribution in [3.8, 4) is 5.75 Å². The van der Waals surface area contributed by atoms with Crippen molar-refractivity contribution in [2.24, 2.45) is 0 Å². The van der Waals surface area contributed by atoms with E-state index < -0.39 is 0 Å². The first-order chi connectivity index (χ1) is 13.1. The van der Waals surface area contributed by atoms with Gasteiger partial charge in [0.05, 0.1) is 17.7 Å². The fraction of sp³-hybridized carbons (Fsp3) is 0.400. The summed E-state index contributed by atoms with van der Waals surface area (Å²) in [6.07, 6.45) is 2.26. The van der Waals surface area contributed by atoms with E-state index >= 15 is 0 Å². The van der Waals surface area contributed by atoms with Crippen molar-refractivity contribution < 1.29 is 23.8 Å². The monoisotopic (exact) mass is 389 g/mol. The molecule has 3 rings (SSSR count). The van der Waals surface area contributed by atoms with E-state index in [1.165, 1.54) is 11.3 Å². The number of benzene rings is 1. The predicted molar refractivity (Wildman–Crippen MR) is 104 cm³/mol. The van der Waals surface area contributed by atoms with Gasteiger partial charge < -0.3 is 19.5 Å². The maximum atomic E-state index is 12.4. The molecule has 1 aromatic heterocycles. The molecule has 1 aliphatic rings. The lowest BCUT2D eigenvalue weighted by atomic mass is 10.2. The van der Waals surface area contributed by atoms with Crippen LogP contribution in [0.15, 0.2) is 30.3 Å². The fourth-order valence-electron chi connectivity index (χ4n) is 2.79. The average molecular weight is 389 g/mol. The molecule has 1 fully saturated rings. The minimum Gasteiger partial charge on any atom is -0.491 e. The third-order valence-electron chi connectivity index (χ3n) is 4.19. The van der Waals surface area contributed by atoms with Crippen LogP contribution in [0.25, 0.3) is 0 Å². The highest BCUT2D eigenvalue weighted by atomic mass is 32.1. The molecule has 1 aromatic carbocycles. The maximum absolute atomic E-state index is 12.4. The number of esters is 1. The number of aryl methyl sites for hydroxylation is 1. The SMILES string of the molecule is CCOC(=O)c1sc(NC(=O)c2ccc(OCC3CCCO3)cc2)cc1C. The molecule has 1 aliphatic heterocycles. The molecular weight excluding hydrogens is 366 g/mol. The van der Waals surface area contributed by atoms with E-state index in [0.29, 0.717) is 34.4 Å². The van der Waals surface area contributed by atoms with Crippen molar-refractivity contribution in [1.29, 1.82) is 0 Å². The topological polar surface area (TPSA) is 73.9 Å². The van der Waals surface area contributed by atoms with Crippen LogP contribution >= 0.6 is 11.3 Å². The number of hydrogen-bond donors (Lipinski definition) is 1. The zero-order valence-corrected chi connectivity index (χ0v) is 16.3. The van der Waals surface area contributed by atoms with Crippen LogP contribution in [0.1, 0.15) is 45.4 Å². The molecule has 6 nitrogen and oxygen atoms in total. The Kier molecular flexibility index (Phi) is 6.47. The molecule has 7 heteroatoms. The number of rotatable bonds is 7. The van der Waals surface area contributed by atoms with Gasteiger partial charge in [0, 0.05) is 12.2 Å². The molecular formula is C20H23NO5S. The van der Waals surface area contributed by atoms with Crippen molar-refractivity contribution in [2.45, 2.75) is 32.8 Å². The van der Waals surface area contributed by atoms with Gasteiger partial charge in [0.1, 0.15) is 17.2 Å². The van der Waals surface area contributed by atoms with Crippen LogP contribution in [-0.4, -0.2) is 37.8 Å². The second kappa shape index (κ2) is 9.01. The Morgan fingerprint density at radius 2 is 2.07 bits per heavy atom. The van der Waals surface area contributed by atoms with Crippen LogP contribution in [0.3, 0.4) is 0 Å². The van der Waals surface area contributed by atoms with Gasteiger partial charge in [-0.3, -0.25) is 4.79 Å². The van der Waals surface area contributed by atoms with E-state index in [4.69, 9.17) is 14.2 Å². The van der Waals surface area contributed by atoms with E-state index in [2.05, 4.69) is 5.32 Å². The van der Waals surface area contributed by atoms with Crippen molar-refractivity contribution in [1.82, 2.24) is 0 Å². The van der Waals surface area contributed by atoms with Gasteiger partial charge in [0.25, 0.3) is 5.91 Å². The molecule has 1 N–H and O–H groups in total. The number of ether oxygens (including phenoxy) is 3. The molecule has 27 heavy (non-hydrogen) atoms.